The van der Waals surface area contributed by atoms with Gasteiger partial charge in [-0.3, -0.25) is 9.59 Å². The fraction of sp³-hybridized carbons (Fsp3) is 0.409. The molecular formula is C22H27NO5. The van der Waals surface area contributed by atoms with Gasteiger partial charge in [0.05, 0.1) is 13.5 Å². The second-order valence-electron chi connectivity index (χ2n) is 7.63. The monoisotopic (exact) mass is 385 g/mol. The largest absolute Gasteiger partial charge is 0.467 e. The Morgan fingerprint density at radius 2 is 1.71 bits per heavy atom. The van der Waals surface area contributed by atoms with Crippen molar-refractivity contribution in [3.63, 3.8) is 0 Å². The highest BCUT2D eigenvalue weighted by Gasteiger charge is 2.24. The molecule has 0 aliphatic carbocycles. The number of nitrogens with one attached hydrogen (secondary N) is 1. The van der Waals surface area contributed by atoms with Crippen molar-refractivity contribution < 1.29 is 23.9 Å². The first kappa shape index (κ1) is 21.4. The molecule has 0 aliphatic rings. The highest BCUT2D eigenvalue weighted by atomic mass is 16.6. The lowest BCUT2D eigenvalue weighted by Crippen LogP contribution is -2.42. The number of amides is 1. The van der Waals surface area contributed by atoms with E-state index in [1.807, 2.05) is 42.5 Å². The molecule has 150 valence electrons. The Kier molecular flexibility index (Phi) is 7.15. The van der Waals surface area contributed by atoms with Crippen LogP contribution in [0, 0.1) is 0 Å². The molecular weight excluding hydrogens is 358 g/mol. The summed E-state index contributed by atoms with van der Waals surface area (Å²) in [6.07, 6.45) is 0.253. The van der Waals surface area contributed by atoms with Crippen LogP contribution in [0.25, 0.3) is 10.8 Å². The van der Waals surface area contributed by atoms with Gasteiger partial charge in [0, 0.05) is 6.42 Å². The van der Waals surface area contributed by atoms with Crippen molar-refractivity contribution in [3.05, 3.63) is 48.0 Å². The second-order valence-corrected chi connectivity index (χ2v) is 7.63. The van der Waals surface area contributed by atoms with Crippen molar-refractivity contribution in [3.8, 4) is 0 Å². The zero-order valence-electron chi connectivity index (χ0n) is 16.8. The van der Waals surface area contributed by atoms with Crippen LogP contribution in [0.15, 0.2) is 42.5 Å². The fourth-order valence-electron chi connectivity index (χ4n) is 2.83. The smallest absolute Gasteiger partial charge is 0.328 e. The lowest BCUT2D eigenvalue weighted by atomic mass is 10.0. The van der Waals surface area contributed by atoms with E-state index in [4.69, 9.17) is 9.47 Å². The van der Waals surface area contributed by atoms with Crippen molar-refractivity contribution in [2.45, 2.75) is 51.7 Å². The predicted octanol–water partition coefficient (Wildman–Crippen LogP) is 3.16. The van der Waals surface area contributed by atoms with Crippen LogP contribution in [-0.2, 0) is 30.3 Å². The van der Waals surface area contributed by atoms with E-state index >= 15 is 0 Å². The zero-order valence-corrected chi connectivity index (χ0v) is 16.8. The van der Waals surface area contributed by atoms with E-state index in [0.29, 0.717) is 0 Å². The molecule has 0 spiro atoms. The third-order valence-corrected chi connectivity index (χ3v) is 4.06. The van der Waals surface area contributed by atoms with Gasteiger partial charge in [-0.2, -0.15) is 0 Å². The topological polar surface area (TPSA) is 81.7 Å². The first-order valence-electron chi connectivity index (χ1n) is 9.24. The first-order chi connectivity index (χ1) is 13.2. The molecule has 0 fully saturated rings. The molecule has 2 aromatic carbocycles. The second kappa shape index (κ2) is 9.35. The number of benzene rings is 2. The molecule has 2 rings (SSSR count). The highest BCUT2D eigenvalue weighted by molar-refractivity contribution is 5.88. The van der Waals surface area contributed by atoms with Crippen LogP contribution >= 0.6 is 0 Å². The van der Waals surface area contributed by atoms with Crippen molar-refractivity contribution in [1.29, 1.82) is 0 Å². The summed E-state index contributed by atoms with van der Waals surface area (Å²) in [5.74, 6) is -1.32. The average molecular weight is 385 g/mol. The van der Waals surface area contributed by atoms with Gasteiger partial charge in [-0.15, -0.1) is 0 Å². The minimum absolute atomic E-state index is 0.00723. The lowest BCUT2D eigenvalue weighted by Gasteiger charge is -2.21. The Hall–Kier alpha value is -2.89. The predicted molar refractivity (Wildman–Crippen MR) is 107 cm³/mol. The van der Waals surface area contributed by atoms with E-state index in [9.17, 15) is 14.4 Å². The van der Waals surface area contributed by atoms with Gasteiger partial charge < -0.3 is 14.8 Å². The summed E-state index contributed by atoms with van der Waals surface area (Å²) in [5.41, 5.74) is 0.240. The number of esters is 2. The van der Waals surface area contributed by atoms with Gasteiger partial charge in [0.15, 0.2) is 0 Å². The standard InChI is InChI=1S/C22H27NO5/c1-22(2,3)28-20(25)12-11-18(21(26)27-4)23-19(24)14-15-9-10-16-7-5-6-8-17(16)13-15/h5-10,13,18H,11-12,14H2,1-4H3,(H,23,24)/t18-/m0/s1. The molecule has 1 amide bonds. The summed E-state index contributed by atoms with van der Waals surface area (Å²) in [6, 6.07) is 12.8. The summed E-state index contributed by atoms with van der Waals surface area (Å²) >= 11 is 0. The molecule has 1 N–H and O–H groups in total. The van der Waals surface area contributed by atoms with Crippen LogP contribution in [0.5, 0.6) is 0 Å². The van der Waals surface area contributed by atoms with Crippen molar-refractivity contribution in [1.82, 2.24) is 5.32 Å². The number of carbonyl (C=O) groups excluding carboxylic acids is 3. The van der Waals surface area contributed by atoms with E-state index < -0.39 is 23.6 Å². The fourth-order valence-corrected chi connectivity index (χ4v) is 2.83. The normalized spacial score (nSPS) is 12.3. The SMILES string of the molecule is COC(=O)[C@H](CCC(=O)OC(C)(C)C)NC(=O)Cc1ccc2ccccc2c1. The molecule has 0 saturated carbocycles. The number of rotatable bonds is 7. The number of fused-ring (bicyclic) bond motifs is 1. The van der Waals surface area contributed by atoms with E-state index in [1.54, 1.807) is 20.8 Å². The number of hydrogen-bond acceptors (Lipinski definition) is 5. The minimum atomic E-state index is -0.898. The molecule has 0 bridgehead atoms. The summed E-state index contributed by atoms with van der Waals surface area (Å²) in [7, 11) is 1.25. The number of carbonyl (C=O) groups is 3. The van der Waals surface area contributed by atoms with Gasteiger partial charge in [-0.05, 0) is 43.5 Å². The third kappa shape index (κ3) is 6.68. The summed E-state index contributed by atoms with van der Waals surface area (Å²) in [5, 5.41) is 4.80. The van der Waals surface area contributed by atoms with Crippen LogP contribution < -0.4 is 5.32 Å². The van der Waals surface area contributed by atoms with Gasteiger partial charge >= 0.3 is 11.9 Å². The van der Waals surface area contributed by atoms with Crippen molar-refractivity contribution in [2.24, 2.45) is 0 Å². The number of hydrogen-bond donors (Lipinski definition) is 1. The van der Waals surface area contributed by atoms with Gasteiger partial charge in [0.1, 0.15) is 11.6 Å². The van der Waals surface area contributed by atoms with Crippen LogP contribution in [0.3, 0.4) is 0 Å². The zero-order chi connectivity index (χ0) is 20.7. The quantitative estimate of drug-likeness (QED) is 0.741. The van der Waals surface area contributed by atoms with E-state index in [2.05, 4.69) is 5.32 Å². The summed E-state index contributed by atoms with van der Waals surface area (Å²) < 4.78 is 9.99. The molecule has 2 aromatic rings. The van der Waals surface area contributed by atoms with Crippen LogP contribution in [0.1, 0.15) is 39.2 Å². The maximum absolute atomic E-state index is 12.4. The maximum Gasteiger partial charge on any atom is 0.328 e. The number of methoxy groups -OCH3 is 1. The number of ether oxygens (including phenoxy) is 2. The Morgan fingerprint density at radius 3 is 2.36 bits per heavy atom. The molecule has 1 atom stereocenters. The van der Waals surface area contributed by atoms with Gasteiger partial charge in [-0.1, -0.05) is 42.5 Å². The lowest BCUT2D eigenvalue weighted by molar-refractivity contribution is -0.155. The Morgan fingerprint density at radius 1 is 1.04 bits per heavy atom. The van der Waals surface area contributed by atoms with Crippen LogP contribution in [-0.4, -0.2) is 36.6 Å². The Bertz CT molecular complexity index is 853. The molecule has 0 radical (unpaired) electrons. The molecule has 28 heavy (non-hydrogen) atoms. The Balaban J connectivity index is 1.97. The minimum Gasteiger partial charge on any atom is -0.467 e. The highest BCUT2D eigenvalue weighted by Crippen LogP contribution is 2.16. The maximum atomic E-state index is 12.4. The first-order valence-corrected chi connectivity index (χ1v) is 9.24. The molecule has 6 heteroatoms. The molecule has 6 nitrogen and oxygen atoms in total. The van der Waals surface area contributed by atoms with Gasteiger partial charge in [0.25, 0.3) is 0 Å². The average Bonchev–Trinajstić information content (AvgIpc) is 2.63. The summed E-state index contributed by atoms with van der Waals surface area (Å²) in [6.45, 7) is 5.32. The molecule has 0 unspecified atom stereocenters. The van der Waals surface area contributed by atoms with Gasteiger partial charge in [-0.25, -0.2) is 4.79 Å². The van der Waals surface area contributed by atoms with Crippen LogP contribution in [0.2, 0.25) is 0 Å². The third-order valence-electron chi connectivity index (χ3n) is 4.06. The van der Waals surface area contributed by atoms with E-state index in [1.165, 1.54) is 7.11 Å². The molecule has 0 aromatic heterocycles. The molecule has 0 saturated heterocycles. The van der Waals surface area contributed by atoms with E-state index in [0.717, 1.165) is 16.3 Å². The van der Waals surface area contributed by atoms with Gasteiger partial charge in [0.2, 0.25) is 5.91 Å². The summed E-state index contributed by atoms with van der Waals surface area (Å²) in [4.78, 5) is 36.3. The van der Waals surface area contributed by atoms with E-state index in [-0.39, 0.29) is 25.2 Å². The van der Waals surface area contributed by atoms with Crippen LogP contribution in [0.4, 0.5) is 0 Å². The van der Waals surface area contributed by atoms with Crippen molar-refractivity contribution >= 4 is 28.6 Å². The molecule has 0 heterocycles. The molecule has 0 aliphatic heterocycles. The Labute approximate surface area is 165 Å². The van der Waals surface area contributed by atoms with Crippen molar-refractivity contribution in [2.75, 3.05) is 7.11 Å².